The van der Waals surface area contributed by atoms with E-state index in [0.717, 1.165) is 32.1 Å². The fourth-order valence-electron chi connectivity index (χ4n) is 3.84. The van der Waals surface area contributed by atoms with Gasteiger partial charge in [0.25, 0.3) is 0 Å². The van der Waals surface area contributed by atoms with Gasteiger partial charge in [-0.25, -0.2) is 0 Å². The van der Waals surface area contributed by atoms with Crippen molar-refractivity contribution in [1.29, 1.82) is 0 Å². The molecule has 0 aliphatic heterocycles. The summed E-state index contributed by atoms with van der Waals surface area (Å²) in [6, 6.07) is 0. The van der Waals surface area contributed by atoms with Crippen LogP contribution >= 0.6 is 0 Å². The van der Waals surface area contributed by atoms with Crippen LogP contribution in [0.4, 0.5) is 0 Å². The van der Waals surface area contributed by atoms with Crippen LogP contribution in [0.1, 0.15) is 65.7 Å². The van der Waals surface area contributed by atoms with E-state index < -0.39 is 11.0 Å². The minimum Gasteiger partial charge on any atom is -0.382 e. The quantitative estimate of drug-likeness (QED) is 0.836. The summed E-state index contributed by atoms with van der Waals surface area (Å²) >= 11 is 0. The molecule has 0 radical (unpaired) electrons. The van der Waals surface area contributed by atoms with E-state index in [1.807, 2.05) is 20.8 Å². The van der Waals surface area contributed by atoms with Crippen LogP contribution in [0, 0.1) is 17.3 Å². The predicted octanol–water partition coefficient (Wildman–Crippen LogP) is 2.89. The molecule has 0 aromatic carbocycles. The Kier molecular flexibility index (Phi) is 3.87. The SMILES string of the molecule is CC1CCCC(CC2(O)CCCC(C)(C)C2=O)C1=O. The molecule has 1 N–H and O–H groups in total. The van der Waals surface area contributed by atoms with Gasteiger partial charge in [0, 0.05) is 17.3 Å². The number of Topliss-reactive ketones (excluding diaryl/α,β-unsaturated/α-hetero) is 2. The largest absolute Gasteiger partial charge is 0.382 e. The molecule has 0 aromatic rings. The maximum atomic E-state index is 12.5. The molecule has 3 atom stereocenters. The van der Waals surface area contributed by atoms with Gasteiger partial charge in [0.05, 0.1) is 0 Å². The van der Waals surface area contributed by atoms with Crippen molar-refractivity contribution in [1.82, 2.24) is 0 Å². The van der Waals surface area contributed by atoms with Crippen molar-refractivity contribution >= 4 is 11.6 Å². The van der Waals surface area contributed by atoms with Crippen molar-refractivity contribution in [2.75, 3.05) is 0 Å². The maximum Gasteiger partial charge on any atom is 0.169 e. The van der Waals surface area contributed by atoms with Gasteiger partial charge in [0.2, 0.25) is 0 Å². The van der Waals surface area contributed by atoms with Crippen molar-refractivity contribution in [2.24, 2.45) is 17.3 Å². The second kappa shape index (κ2) is 5.01. The summed E-state index contributed by atoms with van der Waals surface area (Å²) in [4.78, 5) is 24.7. The normalized spacial score (nSPS) is 39.4. The van der Waals surface area contributed by atoms with Crippen molar-refractivity contribution in [3.63, 3.8) is 0 Å². The summed E-state index contributed by atoms with van der Waals surface area (Å²) in [5.41, 5.74) is -1.71. The highest BCUT2D eigenvalue weighted by Gasteiger charge is 2.49. The molecule has 0 heterocycles. The van der Waals surface area contributed by atoms with Gasteiger partial charge < -0.3 is 5.11 Å². The molecule has 0 saturated heterocycles. The van der Waals surface area contributed by atoms with E-state index in [1.54, 1.807) is 0 Å². The molecular formula is C16H26O3. The molecule has 2 saturated carbocycles. The van der Waals surface area contributed by atoms with Crippen LogP contribution in [0.3, 0.4) is 0 Å². The number of aliphatic hydroxyl groups is 1. The number of carbonyl (C=O) groups excluding carboxylic acids is 2. The third-order valence-electron chi connectivity index (χ3n) is 5.09. The minimum atomic E-state index is -1.26. The van der Waals surface area contributed by atoms with Crippen LogP contribution < -0.4 is 0 Å². The monoisotopic (exact) mass is 266 g/mol. The van der Waals surface area contributed by atoms with E-state index >= 15 is 0 Å². The van der Waals surface area contributed by atoms with Crippen molar-refractivity contribution < 1.29 is 14.7 Å². The molecule has 3 unspecified atom stereocenters. The molecule has 0 amide bonds. The minimum absolute atomic E-state index is 0.0581. The Morgan fingerprint density at radius 2 is 1.84 bits per heavy atom. The van der Waals surface area contributed by atoms with Gasteiger partial charge >= 0.3 is 0 Å². The molecule has 3 nitrogen and oxygen atoms in total. The van der Waals surface area contributed by atoms with Gasteiger partial charge in [-0.15, -0.1) is 0 Å². The molecular weight excluding hydrogens is 240 g/mol. The smallest absolute Gasteiger partial charge is 0.169 e. The molecule has 0 bridgehead atoms. The summed E-state index contributed by atoms with van der Waals surface area (Å²) in [5.74, 6) is 0.161. The van der Waals surface area contributed by atoms with Gasteiger partial charge in [0.1, 0.15) is 11.4 Å². The van der Waals surface area contributed by atoms with Gasteiger partial charge in [-0.2, -0.15) is 0 Å². The second-order valence-corrected chi connectivity index (χ2v) is 7.23. The zero-order chi connectivity index (χ0) is 14.3. The first-order valence-corrected chi connectivity index (χ1v) is 7.57. The molecule has 2 fully saturated rings. The number of rotatable bonds is 2. The number of hydrogen-bond donors (Lipinski definition) is 1. The number of hydrogen-bond acceptors (Lipinski definition) is 3. The number of carbonyl (C=O) groups is 2. The van der Waals surface area contributed by atoms with Crippen LogP contribution in [0.25, 0.3) is 0 Å². The van der Waals surface area contributed by atoms with E-state index in [2.05, 4.69) is 0 Å². The third-order valence-corrected chi connectivity index (χ3v) is 5.09. The van der Waals surface area contributed by atoms with Crippen LogP contribution in [0.15, 0.2) is 0 Å². The van der Waals surface area contributed by atoms with Crippen LogP contribution in [0.2, 0.25) is 0 Å². The molecule has 2 aliphatic carbocycles. The van der Waals surface area contributed by atoms with E-state index in [1.165, 1.54) is 0 Å². The van der Waals surface area contributed by atoms with E-state index in [0.29, 0.717) is 12.8 Å². The first-order valence-electron chi connectivity index (χ1n) is 7.57. The van der Waals surface area contributed by atoms with Crippen molar-refractivity contribution in [2.45, 2.75) is 71.3 Å². The summed E-state index contributed by atoms with van der Waals surface area (Å²) in [6.07, 6.45) is 5.39. The lowest BCUT2D eigenvalue weighted by atomic mass is 9.64. The lowest BCUT2D eigenvalue weighted by Gasteiger charge is -2.42. The number of ketones is 2. The Labute approximate surface area is 115 Å². The van der Waals surface area contributed by atoms with Gasteiger partial charge in [-0.3, -0.25) is 9.59 Å². The Morgan fingerprint density at radius 1 is 1.16 bits per heavy atom. The highest BCUT2D eigenvalue weighted by molar-refractivity contribution is 5.93. The Hall–Kier alpha value is -0.700. The average molecular weight is 266 g/mol. The lowest BCUT2D eigenvalue weighted by Crippen LogP contribution is -2.52. The Bertz CT molecular complexity index is 385. The third kappa shape index (κ3) is 2.76. The highest BCUT2D eigenvalue weighted by Crippen LogP contribution is 2.42. The van der Waals surface area contributed by atoms with E-state index in [4.69, 9.17) is 0 Å². The summed E-state index contributed by atoms with van der Waals surface area (Å²) < 4.78 is 0. The summed E-state index contributed by atoms with van der Waals surface area (Å²) in [6.45, 7) is 5.78. The van der Waals surface area contributed by atoms with Crippen LogP contribution in [-0.4, -0.2) is 22.3 Å². The van der Waals surface area contributed by atoms with Crippen LogP contribution in [-0.2, 0) is 9.59 Å². The van der Waals surface area contributed by atoms with Gasteiger partial charge in [0.15, 0.2) is 5.78 Å². The first kappa shape index (κ1) is 14.7. The first-order chi connectivity index (χ1) is 8.76. The Morgan fingerprint density at radius 3 is 2.53 bits per heavy atom. The summed E-state index contributed by atoms with van der Waals surface area (Å²) in [7, 11) is 0. The standard InChI is InChI=1S/C16H26O3/c1-11-6-4-7-12(13(11)17)10-16(19)9-5-8-15(2,3)14(16)18/h11-12,19H,4-10H2,1-3H3. The zero-order valence-corrected chi connectivity index (χ0v) is 12.4. The molecule has 3 heteroatoms. The second-order valence-electron chi connectivity index (χ2n) is 7.23. The predicted molar refractivity (Wildman–Crippen MR) is 73.7 cm³/mol. The van der Waals surface area contributed by atoms with E-state index in [-0.39, 0.29) is 23.4 Å². The highest BCUT2D eigenvalue weighted by atomic mass is 16.3. The molecule has 0 spiro atoms. The zero-order valence-electron chi connectivity index (χ0n) is 12.4. The van der Waals surface area contributed by atoms with Gasteiger partial charge in [-0.05, 0) is 38.5 Å². The average Bonchev–Trinajstić information content (AvgIpc) is 2.32. The van der Waals surface area contributed by atoms with Crippen LogP contribution in [0.5, 0.6) is 0 Å². The van der Waals surface area contributed by atoms with Crippen molar-refractivity contribution in [3.8, 4) is 0 Å². The fraction of sp³-hybridized carbons (Fsp3) is 0.875. The molecule has 2 aliphatic rings. The Balaban J connectivity index is 2.12. The van der Waals surface area contributed by atoms with Crippen molar-refractivity contribution in [3.05, 3.63) is 0 Å². The molecule has 108 valence electrons. The lowest BCUT2D eigenvalue weighted by molar-refractivity contribution is -0.156. The molecule has 19 heavy (non-hydrogen) atoms. The van der Waals surface area contributed by atoms with Gasteiger partial charge in [-0.1, -0.05) is 27.2 Å². The molecule has 2 rings (SSSR count). The fourth-order valence-corrected chi connectivity index (χ4v) is 3.84. The maximum absolute atomic E-state index is 12.5. The molecule has 0 aromatic heterocycles. The summed E-state index contributed by atoms with van der Waals surface area (Å²) in [5, 5.41) is 10.7. The topological polar surface area (TPSA) is 54.4 Å². The van der Waals surface area contributed by atoms with E-state index in [9.17, 15) is 14.7 Å².